The van der Waals surface area contributed by atoms with Crippen molar-refractivity contribution >= 4 is 15.9 Å². The van der Waals surface area contributed by atoms with Gasteiger partial charge in [0.15, 0.2) is 0 Å². The third-order valence-electron chi connectivity index (χ3n) is 5.23. The molecule has 2 aliphatic rings. The summed E-state index contributed by atoms with van der Waals surface area (Å²) in [7, 11) is 1.71. The van der Waals surface area contributed by atoms with Gasteiger partial charge in [-0.2, -0.15) is 0 Å². The van der Waals surface area contributed by atoms with Gasteiger partial charge in [-0.1, -0.05) is 22.4 Å². The smallest absolute Gasteiger partial charge is 0.119 e. The van der Waals surface area contributed by atoms with Crippen molar-refractivity contribution < 1.29 is 4.74 Å². The zero-order chi connectivity index (χ0) is 14.1. The lowest BCUT2D eigenvalue weighted by atomic mass is 9.83. The molecule has 0 saturated heterocycles. The van der Waals surface area contributed by atoms with Crippen LogP contribution in [-0.2, 0) is 6.42 Å². The average molecular weight is 338 g/mol. The molecule has 0 aromatic heterocycles. The highest BCUT2D eigenvalue weighted by Gasteiger charge is 2.39. The highest BCUT2D eigenvalue weighted by Crippen LogP contribution is 2.49. The zero-order valence-electron chi connectivity index (χ0n) is 12.1. The SMILES string of the molecule is COc1ccc(Br)c(CC(N)CC2CC3CCC2C3)c1. The van der Waals surface area contributed by atoms with Crippen molar-refractivity contribution in [2.24, 2.45) is 23.5 Å². The molecule has 4 unspecified atom stereocenters. The maximum atomic E-state index is 6.42. The molecule has 0 amide bonds. The van der Waals surface area contributed by atoms with E-state index in [-0.39, 0.29) is 6.04 Å². The van der Waals surface area contributed by atoms with Crippen LogP contribution in [0, 0.1) is 17.8 Å². The van der Waals surface area contributed by atoms with Gasteiger partial charge in [0.05, 0.1) is 7.11 Å². The van der Waals surface area contributed by atoms with Gasteiger partial charge in [0.2, 0.25) is 0 Å². The summed E-state index contributed by atoms with van der Waals surface area (Å²) >= 11 is 3.62. The Balaban J connectivity index is 1.60. The molecule has 2 bridgehead atoms. The highest BCUT2D eigenvalue weighted by molar-refractivity contribution is 9.10. The largest absolute Gasteiger partial charge is 0.497 e. The lowest BCUT2D eigenvalue weighted by molar-refractivity contribution is 0.294. The minimum Gasteiger partial charge on any atom is -0.497 e. The first-order valence-corrected chi connectivity index (χ1v) is 8.53. The first-order valence-electron chi connectivity index (χ1n) is 7.73. The summed E-state index contributed by atoms with van der Waals surface area (Å²) in [6.45, 7) is 0. The van der Waals surface area contributed by atoms with Crippen LogP contribution in [-0.4, -0.2) is 13.2 Å². The molecule has 110 valence electrons. The second kappa shape index (κ2) is 6.07. The Hall–Kier alpha value is -0.540. The number of methoxy groups -OCH3 is 1. The van der Waals surface area contributed by atoms with Gasteiger partial charge in [-0.15, -0.1) is 0 Å². The molecule has 0 aliphatic heterocycles. The van der Waals surface area contributed by atoms with Crippen LogP contribution in [0.4, 0.5) is 0 Å². The topological polar surface area (TPSA) is 35.2 Å². The van der Waals surface area contributed by atoms with Gasteiger partial charge in [0.25, 0.3) is 0 Å². The number of fused-ring (bicyclic) bond motifs is 2. The molecule has 0 radical (unpaired) electrons. The summed E-state index contributed by atoms with van der Waals surface area (Å²) < 4.78 is 6.44. The summed E-state index contributed by atoms with van der Waals surface area (Å²) in [6, 6.07) is 6.40. The molecule has 2 aliphatic carbocycles. The molecule has 2 nitrogen and oxygen atoms in total. The normalized spacial score (nSPS) is 29.6. The van der Waals surface area contributed by atoms with Crippen molar-refractivity contribution in [2.45, 2.75) is 44.6 Å². The van der Waals surface area contributed by atoms with Gasteiger partial charge in [0.1, 0.15) is 5.75 Å². The Morgan fingerprint density at radius 3 is 2.85 bits per heavy atom. The minimum atomic E-state index is 0.266. The van der Waals surface area contributed by atoms with Gasteiger partial charge in [-0.3, -0.25) is 0 Å². The van der Waals surface area contributed by atoms with E-state index in [0.717, 1.165) is 34.4 Å². The quantitative estimate of drug-likeness (QED) is 0.875. The first-order chi connectivity index (χ1) is 9.65. The average Bonchev–Trinajstić information content (AvgIpc) is 3.03. The number of ether oxygens (including phenoxy) is 1. The van der Waals surface area contributed by atoms with Gasteiger partial charge in [-0.25, -0.2) is 0 Å². The molecule has 3 heteroatoms. The molecule has 20 heavy (non-hydrogen) atoms. The standard InChI is InChI=1S/C17H24BrNO/c1-20-16-4-5-17(18)14(10-16)9-15(19)8-13-7-11-2-3-12(13)6-11/h4-5,10-13,15H,2-3,6-9,19H2,1H3. The molecule has 1 aromatic carbocycles. The Labute approximate surface area is 130 Å². The van der Waals surface area contributed by atoms with Gasteiger partial charge < -0.3 is 10.5 Å². The Morgan fingerprint density at radius 2 is 2.20 bits per heavy atom. The monoisotopic (exact) mass is 337 g/mol. The number of halogens is 1. The van der Waals surface area contributed by atoms with Crippen molar-refractivity contribution in [3.8, 4) is 5.75 Å². The maximum Gasteiger partial charge on any atom is 0.119 e. The molecular formula is C17H24BrNO. The van der Waals surface area contributed by atoms with Crippen LogP contribution < -0.4 is 10.5 Å². The number of hydrogen-bond acceptors (Lipinski definition) is 2. The summed E-state index contributed by atoms with van der Waals surface area (Å²) in [6.07, 6.45) is 7.94. The van der Waals surface area contributed by atoms with E-state index in [1.807, 2.05) is 6.07 Å². The fourth-order valence-electron chi connectivity index (χ4n) is 4.25. The van der Waals surface area contributed by atoms with E-state index in [9.17, 15) is 0 Å². The maximum absolute atomic E-state index is 6.42. The molecule has 4 atom stereocenters. The lowest BCUT2D eigenvalue weighted by Gasteiger charge is -2.25. The molecule has 2 fully saturated rings. The summed E-state index contributed by atoms with van der Waals surface area (Å²) in [4.78, 5) is 0. The first kappa shape index (κ1) is 14.4. The van der Waals surface area contributed by atoms with E-state index >= 15 is 0 Å². The molecule has 0 heterocycles. The third kappa shape index (κ3) is 3.04. The van der Waals surface area contributed by atoms with E-state index in [1.54, 1.807) is 7.11 Å². The third-order valence-corrected chi connectivity index (χ3v) is 6.00. The van der Waals surface area contributed by atoms with Gasteiger partial charge in [-0.05, 0) is 73.6 Å². The summed E-state index contributed by atoms with van der Waals surface area (Å²) in [5, 5.41) is 0. The van der Waals surface area contributed by atoms with Crippen LogP contribution in [0.1, 0.15) is 37.7 Å². The van der Waals surface area contributed by atoms with Gasteiger partial charge in [0, 0.05) is 10.5 Å². The van der Waals surface area contributed by atoms with Crippen LogP contribution in [0.5, 0.6) is 5.75 Å². The number of nitrogens with two attached hydrogens (primary N) is 1. The fraction of sp³-hybridized carbons (Fsp3) is 0.647. The van der Waals surface area contributed by atoms with E-state index in [1.165, 1.54) is 37.7 Å². The summed E-state index contributed by atoms with van der Waals surface area (Å²) in [5.41, 5.74) is 7.68. The van der Waals surface area contributed by atoms with Crippen LogP contribution >= 0.6 is 15.9 Å². The Morgan fingerprint density at radius 1 is 1.35 bits per heavy atom. The van der Waals surface area contributed by atoms with Crippen LogP contribution in [0.2, 0.25) is 0 Å². The Kier molecular flexibility index (Phi) is 4.37. The Bertz CT molecular complexity index is 476. The predicted molar refractivity (Wildman–Crippen MR) is 85.9 cm³/mol. The van der Waals surface area contributed by atoms with Crippen LogP contribution in [0.15, 0.2) is 22.7 Å². The second-order valence-corrected chi connectivity index (χ2v) is 7.45. The molecule has 2 saturated carbocycles. The van der Waals surface area contributed by atoms with Crippen molar-refractivity contribution in [1.82, 2.24) is 0 Å². The minimum absolute atomic E-state index is 0.266. The number of hydrogen-bond donors (Lipinski definition) is 1. The number of rotatable bonds is 5. The van der Waals surface area contributed by atoms with Crippen molar-refractivity contribution in [2.75, 3.05) is 7.11 Å². The molecule has 2 N–H and O–H groups in total. The van der Waals surface area contributed by atoms with Crippen molar-refractivity contribution in [3.05, 3.63) is 28.2 Å². The number of benzene rings is 1. The van der Waals surface area contributed by atoms with Crippen molar-refractivity contribution in [3.63, 3.8) is 0 Å². The van der Waals surface area contributed by atoms with E-state index in [4.69, 9.17) is 10.5 Å². The van der Waals surface area contributed by atoms with Gasteiger partial charge >= 0.3 is 0 Å². The zero-order valence-corrected chi connectivity index (χ0v) is 13.7. The molecular weight excluding hydrogens is 314 g/mol. The predicted octanol–water partition coefficient (Wildman–Crippen LogP) is 4.15. The van der Waals surface area contributed by atoms with Crippen LogP contribution in [0.3, 0.4) is 0 Å². The van der Waals surface area contributed by atoms with Crippen LogP contribution in [0.25, 0.3) is 0 Å². The highest BCUT2D eigenvalue weighted by atomic mass is 79.9. The molecule has 0 spiro atoms. The van der Waals surface area contributed by atoms with E-state index in [2.05, 4.69) is 28.1 Å². The summed E-state index contributed by atoms with van der Waals surface area (Å²) in [5.74, 6) is 3.78. The fourth-order valence-corrected chi connectivity index (χ4v) is 4.66. The van der Waals surface area contributed by atoms with Crippen molar-refractivity contribution in [1.29, 1.82) is 0 Å². The second-order valence-electron chi connectivity index (χ2n) is 6.59. The molecule has 3 rings (SSSR count). The lowest BCUT2D eigenvalue weighted by Crippen LogP contribution is -2.28. The van der Waals surface area contributed by atoms with E-state index < -0.39 is 0 Å². The molecule has 1 aromatic rings. The van der Waals surface area contributed by atoms with E-state index in [0.29, 0.717) is 0 Å².